The first-order chi connectivity index (χ1) is 16.4. The first-order valence-corrected chi connectivity index (χ1v) is 11.4. The maximum Gasteiger partial charge on any atom is 0.314 e. The largest absolute Gasteiger partial charge is 0.439 e. The zero-order valence-electron chi connectivity index (χ0n) is 18.7. The van der Waals surface area contributed by atoms with E-state index in [1.807, 2.05) is 31.3 Å². The van der Waals surface area contributed by atoms with Crippen molar-refractivity contribution in [2.24, 2.45) is 18.7 Å². The first kappa shape index (κ1) is 22.0. The molecular formula is C25H25ClN6O2. The predicted octanol–water partition coefficient (Wildman–Crippen LogP) is 4.58. The lowest BCUT2D eigenvalue weighted by Gasteiger charge is -2.38. The molecule has 1 saturated heterocycles. The SMILES string of the molecule is Cn1c(NCc2ccc(Oc3ccc(Cl)cn3)cc2)nc2ccc(CC3CN(C(N)=O)C3)cc21. The van der Waals surface area contributed by atoms with E-state index in [0.717, 1.165) is 42.1 Å². The predicted molar refractivity (Wildman–Crippen MR) is 132 cm³/mol. The molecule has 9 heteroatoms. The number of urea groups is 1. The normalized spacial score (nSPS) is 13.6. The average Bonchev–Trinajstić information content (AvgIpc) is 3.12. The van der Waals surface area contributed by atoms with Crippen LogP contribution < -0.4 is 15.8 Å². The number of aryl methyl sites for hydroxylation is 1. The highest BCUT2D eigenvalue weighted by Gasteiger charge is 2.29. The molecule has 0 saturated carbocycles. The number of hydrogen-bond acceptors (Lipinski definition) is 5. The fourth-order valence-electron chi connectivity index (χ4n) is 4.13. The van der Waals surface area contributed by atoms with Crippen molar-refractivity contribution in [3.63, 3.8) is 0 Å². The van der Waals surface area contributed by atoms with Crippen LogP contribution in [0.4, 0.5) is 10.7 Å². The minimum atomic E-state index is -0.338. The summed E-state index contributed by atoms with van der Waals surface area (Å²) < 4.78 is 7.81. The molecule has 0 bridgehead atoms. The first-order valence-electron chi connectivity index (χ1n) is 11.1. The third kappa shape index (κ3) is 4.77. The Morgan fingerprint density at radius 2 is 1.91 bits per heavy atom. The number of carbonyl (C=O) groups excluding carboxylic acids is 1. The van der Waals surface area contributed by atoms with Crippen molar-refractivity contribution < 1.29 is 9.53 Å². The van der Waals surface area contributed by atoms with Gasteiger partial charge in [0.15, 0.2) is 0 Å². The third-order valence-electron chi connectivity index (χ3n) is 6.04. The number of carbonyl (C=O) groups is 1. The Morgan fingerprint density at radius 3 is 2.62 bits per heavy atom. The Hall–Kier alpha value is -3.78. The monoisotopic (exact) mass is 476 g/mol. The number of halogens is 1. The summed E-state index contributed by atoms with van der Waals surface area (Å²) in [6.07, 6.45) is 2.48. The highest BCUT2D eigenvalue weighted by molar-refractivity contribution is 6.30. The van der Waals surface area contributed by atoms with Crippen LogP contribution >= 0.6 is 11.6 Å². The van der Waals surface area contributed by atoms with Gasteiger partial charge in [-0.05, 0) is 53.8 Å². The minimum Gasteiger partial charge on any atom is -0.439 e. The number of amides is 2. The van der Waals surface area contributed by atoms with Crippen LogP contribution in [0, 0.1) is 5.92 Å². The number of aromatic nitrogens is 3. The second-order valence-corrected chi connectivity index (χ2v) is 8.98. The Bertz CT molecular complexity index is 1310. The molecule has 0 unspecified atom stereocenters. The van der Waals surface area contributed by atoms with Crippen LogP contribution in [-0.2, 0) is 20.0 Å². The standard InChI is InChI=1S/C25H25ClN6O2/c1-31-22-11-17(10-18-14-32(15-18)24(27)33)4-8-21(22)30-25(31)29-12-16-2-6-20(7-3-16)34-23-9-5-19(26)13-28-23/h2-9,11,13,18H,10,12,14-15H2,1H3,(H2,27,33)(H,29,30). The molecule has 3 N–H and O–H groups in total. The molecule has 5 rings (SSSR count). The van der Waals surface area contributed by atoms with Crippen LogP contribution in [0.25, 0.3) is 11.0 Å². The lowest BCUT2D eigenvalue weighted by molar-refractivity contribution is 0.128. The molecule has 1 aliphatic rings. The maximum atomic E-state index is 11.2. The number of imidazole rings is 1. The number of nitrogens with one attached hydrogen (secondary N) is 1. The lowest BCUT2D eigenvalue weighted by atomic mass is 9.92. The van der Waals surface area contributed by atoms with Crippen LogP contribution in [0.2, 0.25) is 5.02 Å². The Morgan fingerprint density at radius 1 is 1.15 bits per heavy atom. The molecular weight excluding hydrogens is 452 g/mol. The lowest BCUT2D eigenvalue weighted by Crippen LogP contribution is -2.52. The van der Waals surface area contributed by atoms with Gasteiger partial charge in [-0.15, -0.1) is 0 Å². The van der Waals surface area contributed by atoms with Gasteiger partial charge in [-0.1, -0.05) is 29.8 Å². The van der Waals surface area contributed by atoms with Gasteiger partial charge in [0.1, 0.15) is 5.75 Å². The average molecular weight is 477 g/mol. The van der Waals surface area contributed by atoms with Crippen molar-refractivity contribution in [2.75, 3.05) is 18.4 Å². The summed E-state index contributed by atoms with van der Waals surface area (Å²) in [5, 5.41) is 3.99. The summed E-state index contributed by atoms with van der Waals surface area (Å²) >= 11 is 5.86. The molecule has 0 atom stereocenters. The number of nitrogens with zero attached hydrogens (tertiary/aromatic N) is 4. The van der Waals surface area contributed by atoms with Crippen molar-refractivity contribution in [1.29, 1.82) is 0 Å². The molecule has 8 nitrogen and oxygen atoms in total. The zero-order chi connectivity index (χ0) is 23.7. The Kier molecular flexibility index (Phi) is 5.98. The van der Waals surface area contributed by atoms with Gasteiger partial charge in [-0.2, -0.15) is 0 Å². The van der Waals surface area contributed by atoms with Gasteiger partial charge in [-0.3, -0.25) is 0 Å². The highest BCUT2D eigenvalue weighted by Crippen LogP contribution is 2.25. The molecule has 2 aromatic heterocycles. The Balaban J connectivity index is 1.20. The van der Waals surface area contributed by atoms with Crippen LogP contribution in [-0.4, -0.2) is 38.6 Å². The smallest absolute Gasteiger partial charge is 0.314 e. The van der Waals surface area contributed by atoms with Gasteiger partial charge in [-0.25, -0.2) is 14.8 Å². The number of ether oxygens (including phenoxy) is 1. The number of primary amides is 1. The molecule has 0 radical (unpaired) electrons. The molecule has 2 aromatic carbocycles. The summed E-state index contributed by atoms with van der Waals surface area (Å²) in [5.74, 6) is 2.47. The van der Waals surface area contributed by atoms with E-state index >= 15 is 0 Å². The van der Waals surface area contributed by atoms with Crippen molar-refractivity contribution in [3.05, 3.63) is 76.9 Å². The van der Waals surface area contributed by atoms with E-state index in [9.17, 15) is 4.79 Å². The summed E-state index contributed by atoms with van der Waals surface area (Å²) in [4.78, 5) is 21.7. The molecule has 174 valence electrons. The van der Waals surface area contributed by atoms with Crippen LogP contribution in [0.1, 0.15) is 11.1 Å². The van der Waals surface area contributed by atoms with E-state index in [1.54, 1.807) is 23.2 Å². The number of anilines is 1. The van der Waals surface area contributed by atoms with E-state index in [-0.39, 0.29) is 6.03 Å². The number of nitrogens with two attached hydrogens (primary N) is 1. The van der Waals surface area contributed by atoms with E-state index < -0.39 is 0 Å². The third-order valence-corrected chi connectivity index (χ3v) is 6.26. The number of benzene rings is 2. The number of pyridine rings is 1. The maximum absolute atomic E-state index is 11.2. The van der Waals surface area contributed by atoms with Crippen molar-refractivity contribution >= 4 is 34.6 Å². The molecule has 2 amide bonds. The summed E-state index contributed by atoms with van der Waals surface area (Å²) in [5.41, 5.74) is 9.68. The molecule has 0 spiro atoms. The summed E-state index contributed by atoms with van der Waals surface area (Å²) in [6, 6.07) is 17.3. The molecule has 4 aromatic rings. The molecule has 34 heavy (non-hydrogen) atoms. The Labute approximate surface area is 202 Å². The van der Waals surface area contributed by atoms with Gasteiger partial charge in [0.05, 0.1) is 16.1 Å². The van der Waals surface area contributed by atoms with Crippen molar-refractivity contribution in [2.45, 2.75) is 13.0 Å². The van der Waals surface area contributed by atoms with Gasteiger partial charge in [0.2, 0.25) is 11.8 Å². The van der Waals surface area contributed by atoms with Crippen LogP contribution in [0.3, 0.4) is 0 Å². The second-order valence-electron chi connectivity index (χ2n) is 8.55. The van der Waals surface area contributed by atoms with Crippen molar-refractivity contribution in [3.8, 4) is 11.6 Å². The van der Waals surface area contributed by atoms with E-state index in [2.05, 4.69) is 33.1 Å². The van der Waals surface area contributed by atoms with Crippen LogP contribution in [0.5, 0.6) is 11.6 Å². The van der Waals surface area contributed by atoms with Gasteiger partial charge >= 0.3 is 6.03 Å². The van der Waals surface area contributed by atoms with E-state index in [1.165, 1.54) is 5.56 Å². The van der Waals surface area contributed by atoms with E-state index in [0.29, 0.717) is 29.1 Å². The second kappa shape index (κ2) is 9.23. The summed E-state index contributed by atoms with van der Waals surface area (Å²) in [7, 11) is 2.01. The number of hydrogen-bond donors (Lipinski definition) is 2. The quantitative estimate of drug-likeness (QED) is 0.407. The van der Waals surface area contributed by atoms with Crippen molar-refractivity contribution in [1.82, 2.24) is 19.4 Å². The number of likely N-dealkylation sites (tertiary alicyclic amines) is 1. The topological polar surface area (TPSA) is 98.3 Å². The molecule has 1 fully saturated rings. The number of fused-ring (bicyclic) bond motifs is 1. The van der Waals surface area contributed by atoms with Gasteiger partial charge < -0.3 is 25.3 Å². The van der Waals surface area contributed by atoms with Gasteiger partial charge in [0.25, 0.3) is 0 Å². The minimum absolute atomic E-state index is 0.338. The summed E-state index contributed by atoms with van der Waals surface area (Å²) in [6.45, 7) is 2.09. The molecule has 0 aliphatic carbocycles. The molecule has 3 heterocycles. The molecule has 1 aliphatic heterocycles. The zero-order valence-corrected chi connectivity index (χ0v) is 19.5. The van der Waals surface area contributed by atoms with E-state index in [4.69, 9.17) is 27.1 Å². The van der Waals surface area contributed by atoms with Crippen LogP contribution in [0.15, 0.2) is 60.8 Å². The fourth-order valence-corrected chi connectivity index (χ4v) is 4.24. The highest BCUT2D eigenvalue weighted by atomic mass is 35.5. The van der Waals surface area contributed by atoms with Gasteiger partial charge in [0, 0.05) is 38.9 Å². The fraction of sp³-hybridized carbons (Fsp3) is 0.240. The number of rotatable bonds is 7.